The van der Waals surface area contributed by atoms with Gasteiger partial charge in [-0.1, -0.05) is 42.5 Å². The molecule has 1 saturated heterocycles. The lowest BCUT2D eigenvalue weighted by Gasteiger charge is -2.39. The molecule has 3 rings (SSSR count). The summed E-state index contributed by atoms with van der Waals surface area (Å²) >= 11 is 0. The first kappa shape index (κ1) is 18.1. The van der Waals surface area contributed by atoms with Crippen LogP contribution in [0.2, 0.25) is 0 Å². The van der Waals surface area contributed by atoms with Crippen LogP contribution < -0.4 is 4.90 Å². The number of carbonyl (C=O) groups is 2. The van der Waals surface area contributed by atoms with Crippen LogP contribution in [-0.4, -0.2) is 11.8 Å². The van der Waals surface area contributed by atoms with Gasteiger partial charge < -0.3 is 0 Å². The number of para-hydroxylation sites is 1. The molecule has 1 aromatic rings. The van der Waals surface area contributed by atoms with E-state index in [1.165, 1.54) is 4.90 Å². The molecule has 0 N–H and O–H groups in total. The monoisotopic (exact) mass is 347 g/mol. The van der Waals surface area contributed by atoms with Crippen molar-refractivity contribution in [1.29, 1.82) is 0 Å². The number of carbonyl (C=O) groups excluding carboxylic acids is 2. The summed E-state index contributed by atoms with van der Waals surface area (Å²) in [6, 6.07) is 9.13. The fourth-order valence-electron chi connectivity index (χ4n) is 5.23. The average Bonchev–Trinajstić information content (AvgIpc) is 3.03. The number of allylic oxidation sites excluding steroid dienone is 4. The Balaban J connectivity index is 2.31. The summed E-state index contributed by atoms with van der Waals surface area (Å²) in [6.07, 6.45) is 8.69. The zero-order valence-corrected chi connectivity index (χ0v) is 15.1. The van der Waals surface area contributed by atoms with Crippen molar-refractivity contribution in [2.45, 2.75) is 19.3 Å². The topological polar surface area (TPSA) is 37.4 Å². The Morgan fingerprint density at radius 2 is 1.35 bits per heavy atom. The van der Waals surface area contributed by atoms with Crippen molar-refractivity contribution in [2.75, 3.05) is 4.90 Å². The zero-order valence-electron chi connectivity index (χ0n) is 15.1. The molecule has 1 aromatic carbocycles. The van der Waals surface area contributed by atoms with Gasteiger partial charge in [0.2, 0.25) is 11.8 Å². The molecule has 4 atom stereocenters. The summed E-state index contributed by atoms with van der Waals surface area (Å²) in [6.45, 7) is 15.7. The van der Waals surface area contributed by atoms with Gasteiger partial charge in [0, 0.05) is 0 Å². The second-order valence-corrected chi connectivity index (χ2v) is 7.13. The van der Waals surface area contributed by atoms with Crippen LogP contribution in [0.25, 0.3) is 0 Å². The molecule has 2 amide bonds. The first-order valence-electron chi connectivity index (χ1n) is 8.96. The van der Waals surface area contributed by atoms with Crippen molar-refractivity contribution in [1.82, 2.24) is 0 Å². The minimum atomic E-state index is -0.892. The van der Waals surface area contributed by atoms with Crippen LogP contribution in [-0.2, 0) is 9.59 Å². The molecular formula is C23H25NO2. The molecular weight excluding hydrogens is 322 g/mol. The van der Waals surface area contributed by atoms with Gasteiger partial charge in [-0.25, -0.2) is 4.90 Å². The third kappa shape index (κ3) is 2.00. The second-order valence-electron chi connectivity index (χ2n) is 7.13. The largest absolute Gasteiger partial charge is 0.273 e. The second kappa shape index (κ2) is 6.56. The highest BCUT2D eigenvalue weighted by Crippen LogP contribution is 2.68. The van der Waals surface area contributed by atoms with Crippen molar-refractivity contribution < 1.29 is 9.59 Å². The van der Waals surface area contributed by atoms with E-state index in [0.29, 0.717) is 24.9 Å². The van der Waals surface area contributed by atoms with Crippen LogP contribution in [0.3, 0.4) is 0 Å². The third-order valence-corrected chi connectivity index (χ3v) is 6.26. The quantitative estimate of drug-likeness (QED) is 0.530. The molecule has 3 nitrogen and oxygen atoms in total. The lowest BCUT2D eigenvalue weighted by molar-refractivity contribution is -0.135. The highest BCUT2D eigenvalue weighted by molar-refractivity contribution is 6.26. The minimum Gasteiger partial charge on any atom is -0.273 e. The predicted molar refractivity (Wildman–Crippen MR) is 105 cm³/mol. The molecule has 2 fully saturated rings. The highest BCUT2D eigenvalue weighted by Gasteiger charge is 2.75. The maximum Gasteiger partial charge on any atom is 0.242 e. The van der Waals surface area contributed by atoms with Crippen molar-refractivity contribution in [3.05, 3.63) is 81.0 Å². The molecule has 0 spiro atoms. The van der Waals surface area contributed by atoms with Gasteiger partial charge in [0.05, 0.1) is 16.5 Å². The van der Waals surface area contributed by atoms with E-state index in [0.717, 1.165) is 0 Å². The zero-order chi connectivity index (χ0) is 18.9. The Morgan fingerprint density at radius 1 is 0.885 bits per heavy atom. The van der Waals surface area contributed by atoms with Crippen molar-refractivity contribution in [3.8, 4) is 0 Å². The standard InChI is InChI=1S/C23H25NO2/c1-5-14-22-17(7-3)16-18(8-4)23(22,15-6-2)21(26)24(20(22)25)19-12-10-9-11-13-19/h5-13,17-18H,1-4,14-16H2/t17-,18+,22-,23+. The summed E-state index contributed by atoms with van der Waals surface area (Å²) in [7, 11) is 0. The molecule has 134 valence electrons. The van der Waals surface area contributed by atoms with E-state index in [9.17, 15) is 9.59 Å². The van der Waals surface area contributed by atoms with Crippen LogP contribution in [0.4, 0.5) is 5.69 Å². The Kier molecular flexibility index (Phi) is 4.57. The molecule has 1 saturated carbocycles. The lowest BCUT2D eigenvalue weighted by atomic mass is 9.58. The summed E-state index contributed by atoms with van der Waals surface area (Å²) < 4.78 is 0. The number of nitrogens with zero attached hydrogens (tertiary/aromatic N) is 1. The Hall–Kier alpha value is -2.68. The van der Waals surface area contributed by atoms with E-state index in [1.807, 2.05) is 30.4 Å². The van der Waals surface area contributed by atoms with Crippen molar-refractivity contribution in [2.24, 2.45) is 22.7 Å². The smallest absolute Gasteiger partial charge is 0.242 e. The SMILES string of the molecule is C=CC[C@@]12C(=O)N(c3ccccc3)C(=O)[C@]1(CC=C)[C@@H](C=C)C[C@H]2C=C. The van der Waals surface area contributed by atoms with Gasteiger partial charge in [-0.15, -0.1) is 26.3 Å². The number of rotatable bonds is 7. The third-order valence-electron chi connectivity index (χ3n) is 6.26. The normalized spacial score (nSPS) is 33.0. The number of benzene rings is 1. The molecule has 1 aliphatic carbocycles. The molecule has 0 bridgehead atoms. The number of anilines is 1. The van der Waals surface area contributed by atoms with E-state index in [1.54, 1.807) is 24.3 Å². The molecule has 1 heterocycles. The van der Waals surface area contributed by atoms with Gasteiger partial charge in [-0.2, -0.15) is 0 Å². The number of hydrogen-bond acceptors (Lipinski definition) is 2. The maximum atomic E-state index is 13.8. The van der Waals surface area contributed by atoms with Crippen LogP contribution in [0, 0.1) is 22.7 Å². The van der Waals surface area contributed by atoms with E-state index >= 15 is 0 Å². The summed E-state index contributed by atoms with van der Waals surface area (Å²) in [5.41, 5.74) is -1.18. The van der Waals surface area contributed by atoms with Crippen LogP contribution in [0.5, 0.6) is 0 Å². The summed E-state index contributed by atoms with van der Waals surface area (Å²) in [5.74, 6) is -0.559. The van der Waals surface area contributed by atoms with E-state index < -0.39 is 10.8 Å². The minimum absolute atomic E-state index is 0.117. The molecule has 0 radical (unpaired) electrons. The van der Waals surface area contributed by atoms with Gasteiger partial charge in [0.1, 0.15) is 0 Å². The van der Waals surface area contributed by atoms with Gasteiger partial charge in [0.15, 0.2) is 0 Å². The molecule has 1 aliphatic heterocycles. The van der Waals surface area contributed by atoms with Crippen molar-refractivity contribution in [3.63, 3.8) is 0 Å². The average molecular weight is 347 g/mol. The van der Waals surface area contributed by atoms with Crippen LogP contribution in [0.15, 0.2) is 81.0 Å². The van der Waals surface area contributed by atoms with E-state index in [2.05, 4.69) is 26.3 Å². The Bertz CT molecular complexity index is 735. The molecule has 0 aromatic heterocycles. The number of imide groups is 1. The van der Waals surface area contributed by atoms with Crippen molar-refractivity contribution >= 4 is 17.5 Å². The molecule has 0 unspecified atom stereocenters. The fraction of sp³-hybridized carbons (Fsp3) is 0.304. The van der Waals surface area contributed by atoms with Gasteiger partial charge >= 0.3 is 0 Å². The predicted octanol–water partition coefficient (Wildman–Crippen LogP) is 4.69. The van der Waals surface area contributed by atoms with Gasteiger partial charge in [-0.3, -0.25) is 9.59 Å². The number of hydrogen-bond donors (Lipinski definition) is 0. The Labute approximate surface area is 155 Å². The number of amides is 2. The van der Waals surface area contributed by atoms with E-state index in [-0.39, 0.29) is 23.7 Å². The molecule has 26 heavy (non-hydrogen) atoms. The van der Waals surface area contributed by atoms with Crippen LogP contribution in [0.1, 0.15) is 19.3 Å². The first-order valence-corrected chi connectivity index (χ1v) is 8.96. The molecule has 2 aliphatic rings. The summed E-state index contributed by atoms with van der Waals surface area (Å²) in [5, 5.41) is 0. The molecule has 3 heteroatoms. The lowest BCUT2D eigenvalue weighted by Crippen LogP contribution is -2.46. The van der Waals surface area contributed by atoms with Gasteiger partial charge in [0.25, 0.3) is 0 Å². The highest BCUT2D eigenvalue weighted by atomic mass is 16.2. The maximum absolute atomic E-state index is 13.8. The van der Waals surface area contributed by atoms with Crippen LogP contribution >= 0.6 is 0 Å². The fourth-order valence-corrected chi connectivity index (χ4v) is 5.23. The Morgan fingerprint density at radius 3 is 1.73 bits per heavy atom. The summed E-state index contributed by atoms with van der Waals surface area (Å²) in [4.78, 5) is 28.9. The first-order chi connectivity index (χ1) is 12.5. The van der Waals surface area contributed by atoms with E-state index in [4.69, 9.17) is 0 Å². The van der Waals surface area contributed by atoms with Gasteiger partial charge in [-0.05, 0) is 43.2 Å². The number of fused-ring (bicyclic) bond motifs is 1.